The fourth-order valence-electron chi connectivity index (χ4n) is 3.69. The predicted molar refractivity (Wildman–Crippen MR) is 112 cm³/mol. The number of aryl methyl sites for hydroxylation is 1. The third kappa shape index (κ3) is 3.51. The summed E-state index contributed by atoms with van der Waals surface area (Å²) in [4.78, 5) is 0.434. The van der Waals surface area contributed by atoms with E-state index in [2.05, 4.69) is 0 Å². The first-order valence-corrected chi connectivity index (χ1v) is 11.0. The van der Waals surface area contributed by atoms with Crippen molar-refractivity contribution < 1.29 is 13.2 Å². The smallest absolute Gasteiger partial charge is 0.182 e. The van der Waals surface area contributed by atoms with Crippen molar-refractivity contribution in [1.29, 1.82) is 0 Å². The van der Waals surface area contributed by atoms with E-state index < -0.39 is 20.5 Å². The SMILES string of the molecule is CCOC[C@]1(C(N)=S)[C@H](c2ccc(Cl)cc2)[C@H]1S(=O)(=O)c1ccc(C)cc1. The van der Waals surface area contributed by atoms with Crippen molar-refractivity contribution in [2.24, 2.45) is 11.1 Å². The van der Waals surface area contributed by atoms with Gasteiger partial charge in [-0.1, -0.05) is 53.6 Å². The van der Waals surface area contributed by atoms with E-state index in [0.29, 0.717) is 11.6 Å². The fraction of sp³-hybridized carbons (Fsp3) is 0.350. The summed E-state index contributed by atoms with van der Waals surface area (Å²) >= 11 is 11.3. The normalized spacial score (nSPS) is 24.6. The first kappa shape index (κ1) is 20.3. The predicted octanol–water partition coefficient (Wildman–Crippen LogP) is 3.90. The third-order valence-electron chi connectivity index (χ3n) is 5.17. The molecule has 1 saturated carbocycles. The van der Waals surface area contributed by atoms with E-state index in [-0.39, 0.29) is 22.4 Å². The Balaban J connectivity index is 2.10. The molecule has 2 aromatic carbocycles. The van der Waals surface area contributed by atoms with Gasteiger partial charge < -0.3 is 10.5 Å². The molecule has 3 rings (SSSR count). The minimum atomic E-state index is -3.65. The summed E-state index contributed by atoms with van der Waals surface area (Å²) in [6.45, 7) is 4.39. The molecule has 0 heterocycles. The molecule has 3 atom stereocenters. The topological polar surface area (TPSA) is 69.4 Å². The monoisotopic (exact) mass is 423 g/mol. The van der Waals surface area contributed by atoms with Crippen LogP contribution in [-0.2, 0) is 14.6 Å². The van der Waals surface area contributed by atoms with Gasteiger partial charge in [0, 0.05) is 17.5 Å². The van der Waals surface area contributed by atoms with Crippen molar-refractivity contribution in [3.05, 3.63) is 64.7 Å². The Hall–Kier alpha value is -1.47. The molecule has 144 valence electrons. The number of nitrogens with two attached hydrogens (primary N) is 1. The fourth-order valence-corrected chi connectivity index (χ4v) is 6.58. The highest BCUT2D eigenvalue weighted by Crippen LogP contribution is 2.64. The van der Waals surface area contributed by atoms with E-state index in [9.17, 15) is 8.42 Å². The molecule has 27 heavy (non-hydrogen) atoms. The Morgan fingerprint density at radius 1 is 1.19 bits per heavy atom. The lowest BCUT2D eigenvalue weighted by Gasteiger charge is -2.17. The van der Waals surface area contributed by atoms with E-state index in [1.807, 2.05) is 26.0 Å². The number of hydrogen-bond acceptors (Lipinski definition) is 4. The summed E-state index contributed by atoms with van der Waals surface area (Å²) in [5.41, 5.74) is 6.99. The first-order chi connectivity index (χ1) is 12.7. The average Bonchev–Trinajstić information content (AvgIpc) is 3.32. The van der Waals surface area contributed by atoms with Gasteiger partial charge in [-0.3, -0.25) is 0 Å². The lowest BCUT2D eigenvalue weighted by Crippen LogP contribution is -2.33. The van der Waals surface area contributed by atoms with Gasteiger partial charge >= 0.3 is 0 Å². The van der Waals surface area contributed by atoms with Gasteiger partial charge in [-0.25, -0.2) is 8.42 Å². The van der Waals surface area contributed by atoms with Crippen LogP contribution in [0.2, 0.25) is 5.02 Å². The molecule has 0 unspecified atom stereocenters. The highest BCUT2D eigenvalue weighted by Gasteiger charge is 2.73. The Morgan fingerprint density at radius 2 is 1.78 bits per heavy atom. The Kier molecular flexibility index (Phi) is 5.64. The summed E-state index contributed by atoms with van der Waals surface area (Å²) in [6, 6.07) is 14.0. The molecule has 1 aliphatic rings. The van der Waals surface area contributed by atoms with Crippen LogP contribution < -0.4 is 5.73 Å². The van der Waals surface area contributed by atoms with Crippen LogP contribution in [0.1, 0.15) is 24.0 Å². The van der Waals surface area contributed by atoms with Gasteiger partial charge in [0.05, 0.1) is 27.2 Å². The van der Waals surface area contributed by atoms with Crippen molar-refractivity contribution in [3.8, 4) is 0 Å². The molecule has 0 bridgehead atoms. The van der Waals surface area contributed by atoms with Crippen molar-refractivity contribution in [2.75, 3.05) is 13.2 Å². The summed E-state index contributed by atoms with van der Waals surface area (Å²) in [7, 11) is -3.65. The van der Waals surface area contributed by atoms with Crippen molar-refractivity contribution in [1.82, 2.24) is 0 Å². The van der Waals surface area contributed by atoms with Crippen molar-refractivity contribution in [2.45, 2.75) is 29.9 Å². The van der Waals surface area contributed by atoms with Crippen LogP contribution in [0.4, 0.5) is 0 Å². The molecule has 2 aromatic rings. The van der Waals surface area contributed by atoms with Crippen LogP contribution in [0.3, 0.4) is 0 Å². The quantitative estimate of drug-likeness (QED) is 0.684. The van der Waals surface area contributed by atoms with Crippen LogP contribution >= 0.6 is 23.8 Å². The van der Waals surface area contributed by atoms with Gasteiger partial charge in [0.25, 0.3) is 0 Å². The minimum Gasteiger partial charge on any atom is -0.393 e. The number of thiocarbonyl (C=S) groups is 1. The van der Waals surface area contributed by atoms with Gasteiger partial charge in [0.2, 0.25) is 0 Å². The minimum absolute atomic E-state index is 0.164. The third-order valence-corrected chi connectivity index (χ3v) is 8.10. The average molecular weight is 424 g/mol. The summed E-state index contributed by atoms with van der Waals surface area (Å²) in [5.74, 6) is -0.370. The van der Waals surface area contributed by atoms with E-state index in [4.69, 9.17) is 34.3 Å². The zero-order valence-corrected chi connectivity index (χ0v) is 17.6. The Morgan fingerprint density at radius 3 is 2.30 bits per heavy atom. The maximum absolute atomic E-state index is 13.4. The second kappa shape index (κ2) is 7.51. The molecule has 0 saturated heterocycles. The van der Waals surface area contributed by atoms with Gasteiger partial charge in [0.15, 0.2) is 9.84 Å². The first-order valence-electron chi connectivity index (χ1n) is 8.69. The number of benzene rings is 2. The highest BCUT2D eigenvalue weighted by atomic mass is 35.5. The van der Waals surface area contributed by atoms with Crippen LogP contribution in [0.5, 0.6) is 0 Å². The molecule has 0 spiro atoms. The maximum atomic E-state index is 13.4. The molecule has 7 heteroatoms. The van der Waals surface area contributed by atoms with E-state index in [1.54, 1.807) is 36.4 Å². The zero-order valence-electron chi connectivity index (χ0n) is 15.2. The van der Waals surface area contributed by atoms with Gasteiger partial charge in [0.1, 0.15) is 0 Å². The molecule has 1 aliphatic carbocycles. The van der Waals surface area contributed by atoms with Crippen molar-refractivity contribution >= 4 is 38.6 Å². The molecule has 4 nitrogen and oxygen atoms in total. The summed E-state index contributed by atoms with van der Waals surface area (Å²) in [5, 5.41) is -0.180. The second-order valence-corrected chi connectivity index (χ2v) is 9.80. The number of sulfone groups is 1. The molecule has 0 aliphatic heterocycles. The second-order valence-electron chi connectivity index (χ2n) is 6.85. The van der Waals surface area contributed by atoms with E-state index >= 15 is 0 Å². The molecule has 2 N–H and O–H groups in total. The molecule has 0 radical (unpaired) electrons. The number of ether oxygens (including phenoxy) is 1. The van der Waals surface area contributed by atoms with Crippen LogP contribution in [-0.4, -0.2) is 31.9 Å². The lowest BCUT2D eigenvalue weighted by molar-refractivity contribution is 0.121. The van der Waals surface area contributed by atoms with Crippen molar-refractivity contribution in [3.63, 3.8) is 0 Å². The van der Waals surface area contributed by atoms with E-state index in [1.165, 1.54) is 0 Å². The lowest BCUT2D eigenvalue weighted by atomic mass is 10.00. The van der Waals surface area contributed by atoms with Crippen LogP contribution in [0.15, 0.2) is 53.4 Å². The molecular formula is C20H22ClNO3S2. The van der Waals surface area contributed by atoms with Gasteiger partial charge in [-0.05, 0) is 43.7 Å². The Labute approximate surface area is 170 Å². The maximum Gasteiger partial charge on any atom is 0.182 e. The summed E-state index contributed by atoms with van der Waals surface area (Å²) in [6.07, 6.45) is 0. The molecular weight excluding hydrogens is 402 g/mol. The number of hydrogen-bond donors (Lipinski definition) is 1. The van der Waals surface area contributed by atoms with E-state index in [0.717, 1.165) is 11.1 Å². The molecule has 1 fully saturated rings. The van der Waals surface area contributed by atoms with Gasteiger partial charge in [-0.2, -0.15) is 0 Å². The zero-order chi connectivity index (χ0) is 19.8. The highest BCUT2D eigenvalue weighted by molar-refractivity contribution is 7.92. The summed E-state index contributed by atoms with van der Waals surface area (Å²) < 4.78 is 32.5. The standard InChI is InChI=1S/C20H22ClNO3S2/c1-3-25-12-20(19(22)26)17(14-6-8-15(21)9-7-14)18(20)27(23,24)16-10-4-13(2)5-11-16/h4-11,17-18H,3,12H2,1-2H3,(H2,22,26)/t17-,18-,20+/m1/s1. The van der Waals surface area contributed by atoms with Crippen LogP contribution in [0, 0.1) is 12.3 Å². The molecule has 0 aromatic heterocycles. The number of rotatable bonds is 7. The Bertz CT molecular complexity index is 942. The number of halogens is 1. The molecule has 0 amide bonds. The van der Waals surface area contributed by atoms with Crippen LogP contribution in [0.25, 0.3) is 0 Å². The van der Waals surface area contributed by atoms with Gasteiger partial charge in [-0.15, -0.1) is 0 Å². The largest absolute Gasteiger partial charge is 0.393 e.